The molecule has 2 aromatic rings. The number of hydrogen-bond donors (Lipinski definition) is 4. The molecular weight excluding hydrogens is 628 g/mol. The third-order valence-electron chi connectivity index (χ3n) is 9.05. The van der Waals surface area contributed by atoms with Crippen molar-refractivity contribution in [2.24, 2.45) is 11.8 Å². The molecule has 0 saturated heterocycles. The highest BCUT2D eigenvalue weighted by Gasteiger charge is 2.41. The monoisotopic (exact) mass is 676 g/mol. The molecule has 2 aromatic carbocycles. The van der Waals surface area contributed by atoms with Crippen LogP contribution in [0.3, 0.4) is 0 Å². The van der Waals surface area contributed by atoms with E-state index in [1.165, 1.54) is 6.07 Å². The van der Waals surface area contributed by atoms with Gasteiger partial charge >= 0.3 is 0 Å². The molecule has 5 rings (SSSR count). The van der Waals surface area contributed by atoms with Gasteiger partial charge in [0.25, 0.3) is 0 Å². The fourth-order valence-electron chi connectivity index (χ4n) is 6.09. The molecule has 2 heterocycles. The number of unbranched alkanes of at least 4 members (excludes halogenated alkanes) is 1. The number of methoxy groups -OCH3 is 1. The Labute approximate surface area is 287 Å². The molecule has 0 spiro atoms. The SMILES string of the molecule is CCCC=CC=CC1CC(O)C(O)C(=O)C1C=O.COc1c(CC(=O)c2cc3c(cc2O)OC(C)(C)C(O)C3)ccc2c1C=CC(C)(C)O2. The normalized spacial score (nSPS) is 25.0. The number of aliphatic hydroxyl groups is 3. The minimum Gasteiger partial charge on any atom is -0.507 e. The maximum atomic E-state index is 13.1. The van der Waals surface area contributed by atoms with E-state index in [-0.39, 0.29) is 35.9 Å². The van der Waals surface area contributed by atoms with Gasteiger partial charge in [0.2, 0.25) is 0 Å². The molecule has 49 heavy (non-hydrogen) atoms. The van der Waals surface area contributed by atoms with Crippen LogP contribution >= 0.6 is 0 Å². The Morgan fingerprint density at radius 2 is 1.80 bits per heavy atom. The van der Waals surface area contributed by atoms with Gasteiger partial charge in [0.05, 0.1) is 36.4 Å². The number of benzene rings is 2. The first-order chi connectivity index (χ1) is 23.1. The summed E-state index contributed by atoms with van der Waals surface area (Å²) in [5.74, 6) is -0.395. The van der Waals surface area contributed by atoms with Gasteiger partial charge in [-0.25, -0.2) is 0 Å². The van der Waals surface area contributed by atoms with Gasteiger partial charge in [-0.05, 0) is 76.3 Å². The largest absolute Gasteiger partial charge is 0.507 e. The van der Waals surface area contributed by atoms with Crippen molar-refractivity contribution in [2.75, 3.05) is 7.11 Å². The predicted molar refractivity (Wildman–Crippen MR) is 185 cm³/mol. The molecule has 5 unspecified atom stereocenters. The predicted octanol–water partition coefficient (Wildman–Crippen LogP) is 5.11. The lowest BCUT2D eigenvalue weighted by atomic mass is 9.76. The lowest BCUT2D eigenvalue weighted by Crippen LogP contribution is -2.47. The standard InChI is InChI=1S/C25H28O6.C14H20O4/c1-24(2)9-8-16-20(30-24)7-6-14(23(16)29-5)11-18(26)17-10-15-12-22(28)25(3,4)31-21(15)13-19(17)27;1-2-3-4-5-6-7-10-8-12(16)14(18)13(17)11(10)9-15/h6-10,13,22,27-28H,11-12H2,1-5H3;4-7,9-12,14,16,18H,2-3,8H2,1H3. The van der Waals surface area contributed by atoms with Gasteiger partial charge in [-0.2, -0.15) is 0 Å². The number of phenols is 1. The molecule has 1 fully saturated rings. The van der Waals surface area contributed by atoms with Crippen molar-refractivity contribution >= 4 is 23.9 Å². The number of ether oxygens (including phenoxy) is 3. The van der Waals surface area contributed by atoms with Crippen LogP contribution in [0, 0.1) is 11.8 Å². The molecule has 2 aliphatic heterocycles. The van der Waals surface area contributed by atoms with E-state index in [0.29, 0.717) is 41.1 Å². The molecule has 10 nitrogen and oxygen atoms in total. The van der Waals surface area contributed by atoms with Crippen molar-refractivity contribution in [3.05, 3.63) is 76.9 Å². The average molecular weight is 677 g/mol. The summed E-state index contributed by atoms with van der Waals surface area (Å²) in [6.45, 7) is 9.60. The van der Waals surface area contributed by atoms with Crippen LogP contribution < -0.4 is 14.2 Å². The number of ketones is 2. The first-order valence-corrected chi connectivity index (χ1v) is 16.6. The van der Waals surface area contributed by atoms with Gasteiger partial charge in [-0.15, -0.1) is 0 Å². The third kappa shape index (κ3) is 8.68. The Morgan fingerprint density at radius 1 is 1.06 bits per heavy atom. The molecule has 1 saturated carbocycles. The summed E-state index contributed by atoms with van der Waals surface area (Å²) in [6, 6.07) is 6.72. The first kappa shape index (κ1) is 37.6. The summed E-state index contributed by atoms with van der Waals surface area (Å²) >= 11 is 0. The maximum absolute atomic E-state index is 13.1. The molecule has 0 amide bonds. The van der Waals surface area contributed by atoms with Crippen molar-refractivity contribution in [1.29, 1.82) is 0 Å². The van der Waals surface area contributed by atoms with Crippen molar-refractivity contribution < 1.29 is 49.0 Å². The van der Waals surface area contributed by atoms with Gasteiger partial charge in [-0.1, -0.05) is 43.7 Å². The fourth-order valence-corrected chi connectivity index (χ4v) is 6.09. The quantitative estimate of drug-likeness (QED) is 0.122. The Kier molecular flexibility index (Phi) is 11.9. The maximum Gasteiger partial charge on any atom is 0.174 e. The summed E-state index contributed by atoms with van der Waals surface area (Å²) in [5, 5.41) is 39.8. The Balaban J connectivity index is 0.000000257. The highest BCUT2D eigenvalue weighted by atomic mass is 16.5. The summed E-state index contributed by atoms with van der Waals surface area (Å²) in [7, 11) is 1.56. The molecule has 0 radical (unpaired) electrons. The number of allylic oxidation sites excluding steroid dienone is 4. The minimum atomic E-state index is -1.43. The number of rotatable bonds is 9. The molecule has 3 aliphatic rings. The number of carbonyl (C=O) groups is 3. The minimum absolute atomic E-state index is 0.0505. The van der Waals surface area contributed by atoms with E-state index >= 15 is 0 Å². The number of Topliss-reactive ketones (excluding diaryl/α,β-unsaturated/α-hetero) is 2. The zero-order valence-electron chi connectivity index (χ0n) is 29.0. The van der Waals surface area contributed by atoms with Gasteiger partial charge in [-0.3, -0.25) is 9.59 Å². The van der Waals surface area contributed by atoms with Gasteiger partial charge in [0.15, 0.2) is 11.6 Å². The van der Waals surface area contributed by atoms with Crippen molar-refractivity contribution in [3.8, 4) is 23.0 Å². The van der Waals surface area contributed by atoms with Crippen LogP contribution in [0.1, 0.15) is 80.9 Å². The molecule has 0 aromatic heterocycles. The lowest BCUT2D eigenvalue weighted by Gasteiger charge is -2.37. The molecule has 0 bridgehead atoms. The number of phenolic OH excluding ortho intramolecular Hbond substituents is 1. The number of aldehydes is 1. The highest BCUT2D eigenvalue weighted by Crippen LogP contribution is 2.41. The number of carbonyl (C=O) groups excluding carboxylic acids is 3. The van der Waals surface area contributed by atoms with Crippen LogP contribution in [0.5, 0.6) is 23.0 Å². The summed E-state index contributed by atoms with van der Waals surface area (Å²) in [6.07, 6.45) is 11.3. The van der Waals surface area contributed by atoms with E-state index in [2.05, 4.69) is 6.92 Å². The lowest BCUT2D eigenvalue weighted by molar-refractivity contribution is -0.146. The topological polar surface area (TPSA) is 160 Å². The van der Waals surface area contributed by atoms with Crippen molar-refractivity contribution in [1.82, 2.24) is 0 Å². The van der Waals surface area contributed by atoms with Gasteiger partial charge in [0, 0.05) is 24.5 Å². The van der Waals surface area contributed by atoms with E-state index in [1.54, 1.807) is 39.2 Å². The number of hydrogen-bond acceptors (Lipinski definition) is 10. The highest BCUT2D eigenvalue weighted by molar-refractivity contribution is 6.01. The molecule has 264 valence electrons. The Hall–Kier alpha value is -4.25. The zero-order chi connectivity index (χ0) is 36.1. The molecule has 10 heteroatoms. The van der Waals surface area contributed by atoms with E-state index in [9.17, 15) is 34.8 Å². The van der Waals surface area contributed by atoms with Crippen LogP contribution in [-0.4, -0.2) is 74.9 Å². The Bertz CT molecular complexity index is 1630. The van der Waals surface area contributed by atoms with Crippen LogP contribution in [0.25, 0.3) is 6.08 Å². The Morgan fingerprint density at radius 3 is 2.47 bits per heavy atom. The van der Waals surface area contributed by atoms with Crippen LogP contribution in [0.2, 0.25) is 0 Å². The van der Waals surface area contributed by atoms with E-state index in [4.69, 9.17) is 14.2 Å². The van der Waals surface area contributed by atoms with Crippen molar-refractivity contribution in [2.45, 2.75) is 96.2 Å². The molecular formula is C39H48O10. The van der Waals surface area contributed by atoms with Crippen molar-refractivity contribution in [3.63, 3.8) is 0 Å². The summed E-state index contributed by atoms with van der Waals surface area (Å²) in [4.78, 5) is 35.6. The van der Waals surface area contributed by atoms with E-state index < -0.39 is 41.2 Å². The number of aromatic hydroxyl groups is 1. The fraction of sp³-hybridized carbons (Fsp3) is 0.462. The van der Waals surface area contributed by atoms with Crippen LogP contribution in [0.15, 0.2) is 54.6 Å². The molecule has 1 aliphatic carbocycles. The second-order valence-corrected chi connectivity index (χ2v) is 13.8. The second kappa shape index (κ2) is 15.5. The number of aliphatic hydroxyl groups excluding tert-OH is 3. The van der Waals surface area contributed by atoms with Crippen LogP contribution in [-0.2, 0) is 22.4 Å². The average Bonchev–Trinajstić information content (AvgIpc) is 3.04. The van der Waals surface area contributed by atoms with E-state index in [1.807, 2.05) is 50.3 Å². The number of fused-ring (bicyclic) bond motifs is 2. The second-order valence-electron chi connectivity index (χ2n) is 13.8. The molecule has 5 atom stereocenters. The first-order valence-electron chi connectivity index (χ1n) is 16.6. The zero-order valence-corrected chi connectivity index (χ0v) is 29.0. The smallest absolute Gasteiger partial charge is 0.174 e. The van der Waals surface area contributed by atoms with Gasteiger partial charge < -0.3 is 39.4 Å². The summed E-state index contributed by atoms with van der Waals surface area (Å²) in [5.41, 5.74) is 1.22. The van der Waals surface area contributed by atoms with Gasteiger partial charge in [0.1, 0.15) is 46.6 Å². The summed E-state index contributed by atoms with van der Waals surface area (Å²) < 4.78 is 17.4. The molecule has 4 N–H and O–H groups in total. The van der Waals surface area contributed by atoms with Crippen LogP contribution in [0.4, 0.5) is 0 Å². The third-order valence-corrected chi connectivity index (χ3v) is 9.05. The van der Waals surface area contributed by atoms with E-state index in [0.717, 1.165) is 18.4 Å².